The van der Waals surface area contributed by atoms with Crippen LogP contribution >= 0.6 is 0 Å². The first-order valence-corrected chi connectivity index (χ1v) is 9.35. The summed E-state index contributed by atoms with van der Waals surface area (Å²) in [5, 5.41) is 0.961. The molecule has 134 valence electrons. The van der Waals surface area contributed by atoms with Crippen LogP contribution in [0.1, 0.15) is 28.8 Å². The van der Waals surface area contributed by atoms with Gasteiger partial charge in [-0.3, -0.25) is 9.69 Å². The van der Waals surface area contributed by atoms with Gasteiger partial charge in [0, 0.05) is 28.4 Å². The van der Waals surface area contributed by atoms with Gasteiger partial charge in [-0.1, -0.05) is 36.4 Å². The molecular weight excluding hydrogens is 322 g/mol. The second-order valence-corrected chi connectivity index (χ2v) is 7.34. The van der Waals surface area contributed by atoms with Gasteiger partial charge in [-0.25, -0.2) is 0 Å². The zero-order valence-corrected chi connectivity index (χ0v) is 14.9. The predicted molar refractivity (Wildman–Crippen MR) is 106 cm³/mol. The van der Waals surface area contributed by atoms with Crippen molar-refractivity contribution in [2.45, 2.75) is 19.3 Å². The number of nitrogens with one attached hydrogen (secondary N) is 1. The van der Waals surface area contributed by atoms with E-state index in [9.17, 15) is 4.79 Å². The van der Waals surface area contributed by atoms with Gasteiger partial charge >= 0.3 is 0 Å². The van der Waals surface area contributed by atoms with Gasteiger partial charge in [-0.15, -0.1) is 0 Å². The third kappa shape index (κ3) is 3.65. The van der Waals surface area contributed by atoms with E-state index in [-0.39, 0.29) is 5.78 Å². The van der Waals surface area contributed by atoms with Crippen LogP contribution in [0, 0.1) is 5.92 Å². The van der Waals surface area contributed by atoms with E-state index < -0.39 is 0 Å². The molecule has 1 fully saturated rings. The molecule has 26 heavy (non-hydrogen) atoms. The Balaban J connectivity index is 1.34. The van der Waals surface area contributed by atoms with E-state index in [0.29, 0.717) is 12.2 Å². The third-order valence-electron chi connectivity index (χ3n) is 5.45. The standard InChI is InChI=1S/C22H25N3O/c23-18-6-7-19-20(14-24-21(19)13-18)22(26)15-25-10-8-17(9-11-25)12-16-4-2-1-3-5-16/h1-7,13-14,17,24H,8-12,15,23H2. The van der Waals surface area contributed by atoms with E-state index in [1.807, 2.05) is 24.4 Å². The molecule has 0 spiro atoms. The molecule has 0 bridgehead atoms. The van der Waals surface area contributed by atoms with Gasteiger partial charge in [-0.2, -0.15) is 0 Å². The fraction of sp³-hybridized carbons (Fsp3) is 0.318. The number of hydrogen-bond donors (Lipinski definition) is 2. The number of rotatable bonds is 5. The Morgan fingerprint density at radius 1 is 1.12 bits per heavy atom. The number of hydrogen-bond acceptors (Lipinski definition) is 3. The third-order valence-corrected chi connectivity index (χ3v) is 5.45. The molecule has 1 aliphatic heterocycles. The average molecular weight is 347 g/mol. The summed E-state index contributed by atoms with van der Waals surface area (Å²) in [4.78, 5) is 18.2. The Bertz CT molecular complexity index is 892. The Hall–Kier alpha value is -2.59. The van der Waals surface area contributed by atoms with Crippen LogP contribution in [0.25, 0.3) is 10.9 Å². The van der Waals surface area contributed by atoms with Gasteiger partial charge in [0.15, 0.2) is 5.78 Å². The number of Topliss-reactive ketones (excluding diaryl/α,β-unsaturated/α-hetero) is 1. The van der Waals surface area contributed by atoms with Gasteiger partial charge in [0.05, 0.1) is 6.54 Å². The normalized spacial score (nSPS) is 16.2. The number of ketones is 1. The summed E-state index contributed by atoms with van der Waals surface area (Å²) in [6, 6.07) is 16.4. The fourth-order valence-corrected chi connectivity index (χ4v) is 3.96. The predicted octanol–water partition coefficient (Wildman–Crippen LogP) is 3.89. The minimum Gasteiger partial charge on any atom is -0.399 e. The quantitative estimate of drug-likeness (QED) is 0.544. The Labute approximate surface area is 154 Å². The molecule has 3 N–H and O–H groups in total. The molecule has 0 aliphatic carbocycles. The molecule has 0 atom stereocenters. The summed E-state index contributed by atoms with van der Waals surface area (Å²) in [6.07, 6.45) is 5.28. The van der Waals surface area contributed by atoms with Crippen LogP contribution in [-0.4, -0.2) is 35.3 Å². The van der Waals surface area contributed by atoms with Crippen molar-refractivity contribution in [2.75, 3.05) is 25.4 Å². The van der Waals surface area contributed by atoms with Gasteiger partial charge in [0.2, 0.25) is 0 Å². The van der Waals surface area contributed by atoms with Crippen LogP contribution in [0.3, 0.4) is 0 Å². The van der Waals surface area contributed by atoms with E-state index in [1.54, 1.807) is 0 Å². The number of nitrogens with two attached hydrogens (primary N) is 1. The summed E-state index contributed by atoms with van der Waals surface area (Å²) < 4.78 is 0. The molecule has 4 nitrogen and oxygen atoms in total. The minimum atomic E-state index is 0.183. The number of nitrogen functional groups attached to an aromatic ring is 1. The molecule has 4 rings (SSSR count). The SMILES string of the molecule is Nc1ccc2c(C(=O)CN3CCC(Cc4ccccc4)CC3)c[nH]c2c1. The van der Waals surface area contributed by atoms with Crippen molar-refractivity contribution in [3.63, 3.8) is 0 Å². The zero-order valence-electron chi connectivity index (χ0n) is 14.9. The maximum atomic E-state index is 12.8. The lowest BCUT2D eigenvalue weighted by Gasteiger charge is -2.31. The van der Waals surface area contributed by atoms with Crippen LogP contribution in [0.5, 0.6) is 0 Å². The molecular formula is C22H25N3O. The number of H-pyrrole nitrogens is 1. The number of piperidine rings is 1. The Morgan fingerprint density at radius 2 is 1.88 bits per heavy atom. The van der Waals surface area contributed by atoms with Gasteiger partial charge in [0.25, 0.3) is 0 Å². The number of nitrogens with zero attached hydrogens (tertiary/aromatic N) is 1. The van der Waals surface area contributed by atoms with Gasteiger partial charge in [0.1, 0.15) is 0 Å². The zero-order chi connectivity index (χ0) is 17.9. The monoisotopic (exact) mass is 347 g/mol. The summed E-state index contributed by atoms with van der Waals surface area (Å²) in [5.74, 6) is 0.905. The number of benzene rings is 2. The summed E-state index contributed by atoms with van der Waals surface area (Å²) in [7, 11) is 0. The van der Waals surface area contributed by atoms with E-state index >= 15 is 0 Å². The lowest BCUT2D eigenvalue weighted by Crippen LogP contribution is -2.37. The highest BCUT2D eigenvalue weighted by Gasteiger charge is 2.22. The number of likely N-dealkylation sites (tertiary alicyclic amines) is 1. The molecule has 4 heteroatoms. The van der Waals surface area contributed by atoms with E-state index in [2.05, 4.69) is 40.2 Å². The molecule has 2 heterocycles. The first-order valence-electron chi connectivity index (χ1n) is 9.35. The van der Waals surface area contributed by atoms with Crippen molar-refractivity contribution in [1.82, 2.24) is 9.88 Å². The highest BCUT2D eigenvalue weighted by Crippen LogP contribution is 2.24. The van der Waals surface area contributed by atoms with Crippen molar-refractivity contribution >= 4 is 22.4 Å². The highest BCUT2D eigenvalue weighted by atomic mass is 16.1. The molecule has 3 aromatic rings. The number of aromatic nitrogens is 1. The maximum absolute atomic E-state index is 12.8. The van der Waals surface area contributed by atoms with Crippen molar-refractivity contribution in [3.05, 3.63) is 65.9 Å². The molecule has 0 unspecified atom stereocenters. The lowest BCUT2D eigenvalue weighted by atomic mass is 9.90. The molecule has 2 aromatic carbocycles. The van der Waals surface area contributed by atoms with Crippen molar-refractivity contribution in [1.29, 1.82) is 0 Å². The van der Waals surface area contributed by atoms with E-state index in [0.717, 1.165) is 54.7 Å². The van der Waals surface area contributed by atoms with Crippen LogP contribution in [0.2, 0.25) is 0 Å². The van der Waals surface area contributed by atoms with Gasteiger partial charge < -0.3 is 10.7 Å². The summed E-state index contributed by atoms with van der Waals surface area (Å²) >= 11 is 0. The second kappa shape index (κ2) is 7.34. The van der Waals surface area contributed by atoms with Crippen molar-refractivity contribution in [2.24, 2.45) is 5.92 Å². The molecule has 1 saturated heterocycles. The molecule has 0 amide bonds. The lowest BCUT2D eigenvalue weighted by molar-refractivity contribution is 0.0897. The largest absolute Gasteiger partial charge is 0.399 e. The number of fused-ring (bicyclic) bond motifs is 1. The summed E-state index contributed by atoms with van der Waals surface area (Å²) in [5.41, 5.74) is 9.63. The molecule has 0 saturated carbocycles. The Morgan fingerprint density at radius 3 is 2.65 bits per heavy atom. The fourth-order valence-electron chi connectivity index (χ4n) is 3.96. The van der Waals surface area contributed by atoms with E-state index in [4.69, 9.17) is 5.73 Å². The average Bonchev–Trinajstić information content (AvgIpc) is 3.07. The topological polar surface area (TPSA) is 62.1 Å². The van der Waals surface area contributed by atoms with Gasteiger partial charge in [-0.05, 0) is 56.0 Å². The first-order chi connectivity index (χ1) is 12.7. The van der Waals surface area contributed by atoms with E-state index in [1.165, 1.54) is 5.56 Å². The number of carbonyl (C=O) groups is 1. The van der Waals surface area contributed by atoms with Crippen LogP contribution < -0.4 is 5.73 Å². The first kappa shape index (κ1) is 16.9. The number of carbonyl (C=O) groups excluding carboxylic acids is 1. The van der Waals surface area contributed by atoms with Crippen molar-refractivity contribution < 1.29 is 4.79 Å². The summed E-state index contributed by atoms with van der Waals surface area (Å²) in [6.45, 7) is 2.49. The molecule has 1 aliphatic rings. The maximum Gasteiger partial charge on any atom is 0.178 e. The smallest absolute Gasteiger partial charge is 0.178 e. The second-order valence-electron chi connectivity index (χ2n) is 7.34. The Kier molecular flexibility index (Phi) is 4.76. The highest BCUT2D eigenvalue weighted by molar-refractivity contribution is 6.09. The van der Waals surface area contributed by atoms with Crippen molar-refractivity contribution in [3.8, 4) is 0 Å². The van der Waals surface area contributed by atoms with Crippen LogP contribution in [0.4, 0.5) is 5.69 Å². The van der Waals surface area contributed by atoms with Crippen LogP contribution in [0.15, 0.2) is 54.7 Å². The number of anilines is 1. The minimum absolute atomic E-state index is 0.183. The van der Waals surface area contributed by atoms with Crippen LogP contribution in [-0.2, 0) is 6.42 Å². The number of aromatic amines is 1. The molecule has 1 aromatic heterocycles. The molecule has 0 radical (unpaired) electrons.